The van der Waals surface area contributed by atoms with Crippen LogP contribution in [0, 0.1) is 10.1 Å². The molecule has 0 saturated heterocycles. The molecule has 1 atom stereocenters. The highest BCUT2D eigenvalue weighted by atomic mass is 19.4. The Morgan fingerprint density at radius 3 is 2.52 bits per heavy atom. The quantitative estimate of drug-likeness (QED) is 0.471. The normalized spacial score (nSPS) is 12.3. The fourth-order valence-corrected chi connectivity index (χ4v) is 1.65. The Morgan fingerprint density at radius 1 is 1.43 bits per heavy atom. The Labute approximate surface area is 127 Å². The molecule has 23 heavy (non-hydrogen) atoms. The fourth-order valence-electron chi connectivity index (χ4n) is 1.65. The highest BCUT2D eigenvalue weighted by Crippen LogP contribution is 2.27. The number of alkyl halides is 3. The summed E-state index contributed by atoms with van der Waals surface area (Å²) in [6.07, 6.45) is -5.69. The number of halogens is 3. The minimum absolute atomic E-state index is 0.0485. The third kappa shape index (κ3) is 4.83. The first-order chi connectivity index (χ1) is 10.6. The number of carbonyl (C=O) groups excluding carboxylic acids is 2. The number of methoxy groups -OCH3 is 1. The van der Waals surface area contributed by atoms with Crippen molar-refractivity contribution < 1.29 is 37.5 Å². The average molecular weight is 336 g/mol. The third-order valence-electron chi connectivity index (χ3n) is 2.72. The van der Waals surface area contributed by atoms with Gasteiger partial charge in [0.25, 0.3) is 0 Å². The molecule has 1 aromatic rings. The van der Waals surface area contributed by atoms with E-state index >= 15 is 0 Å². The van der Waals surface area contributed by atoms with Gasteiger partial charge < -0.3 is 15.2 Å². The van der Waals surface area contributed by atoms with Crippen LogP contribution >= 0.6 is 0 Å². The monoisotopic (exact) mass is 336 g/mol. The van der Waals surface area contributed by atoms with Crippen LogP contribution in [0.3, 0.4) is 0 Å². The summed E-state index contributed by atoms with van der Waals surface area (Å²) >= 11 is 0. The average Bonchev–Trinajstić information content (AvgIpc) is 2.46. The van der Waals surface area contributed by atoms with Crippen molar-refractivity contribution in [2.75, 3.05) is 7.11 Å². The molecule has 0 aliphatic carbocycles. The Balaban J connectivity index is 3.03. The van der Waals surface area contributed by atoms with Gasteiger partial charge in [0, 0.05) is 12.5 Å². The molecule has 0 saturated carbocycles. The number of nitrogens with zero attached hydrogens (tertiary/aromatic N) is 1. The van der Waals surface area contributed by atoms with Crippen molar-refractivity contribution in [1.29, 1.82) is 0 Å². The van der Waals surface area contributed by atoms with Crippen molar-refractivity contribution in [1.82, 2.24) is 5.32 Å². The van der Waals surface area contributed by atoms with Crippen molar-refractivity contribution in [3.63, 3.8) is 0 Å². The molecule has 1 rings (SSSR count). The number of esters is 1. The lowest BCUT2D eigenvalue weighted by Crippen LogP contribution is -2.48. The van der Waals surface area contributed by atoms with Crippen molar-refractivity contribution in [3.8, 4) is 5.75 Å². The summed E-state index contributed by atoms with van der Waals surface area (Å²) in [6.45, 7) is 0. The van der Waals surface area contributed by atoms with Crippen molar-refractivity contribution in [2.45, 2.75) is 18.6 Å². The van der Waals surface area contributed by atoms with Crippen LogP contribution in [0.4, 0.5) is 18.9 Å². The Hall–Kier alpha value is -2.85. The minimum atomic E-state index is -5.20. The minimum Gasteiger partial charge on any atom is -0.502 e. The van der Waals surface area contributed by atoms with Crippen LogP contribution < -0.4 is 5.32 Å². The van der Waals surface area contributed by atoms with Gasteiger partial charge in [-0.15, -0.1) is 0 Å². The van der Waals surface area contributed by atoms with E-state index in [-0.39, 0.29) is 5.56 Å². The number of phenolic OH excluding ortho intramolecular Hbond substituents is 1. The SMILES string of the molecule is COC(=O)[C@@H](Cc1ccc(O)c([N+](=O)[O-])c1)NC(=O)C(F)(F)F. The Morgan fingerprint density at radius 2 is 2.04 bits per heavy atom. The van der Waals surface area contributed by atoms with Gasteiger partial charge >= 0.3 is 23.7 Å². The van der Waals surface area contributed by atoms with Gasteiger partial charge in [-0.25, -0.2) is 4.79 Å². The summed E-state index contributed by atoms with van der Waals surface area (Å²) in [5, 5.41) is 21.4. The Bertz CT molecular complexity index is 632. The smallest absolute Gasteiger partial charge is 0.471 e. The second kappa shape index (κ2) is 6.94. The van der Waals surface area contributed by atoms with Gasteiger partial charge in [0.15, 0.2) is 5.75 Å². The number of ether oxygens (including phenoxy) is 1. The molecule has 0 spiro atoms. The number of amides is 1. The molecular formula is C12H11F3N2O6. The first kappa shape index (κ1) is 18.2. The highest BCUT2D eigenvalue weighted by Gasteiger charge is 2.41. The molecule has 0 bridgehead atoms. The van der Waals surface area contributed by atoms with E-state index in [2.05, 4.69) is 4.74 Å². The van der Waals surface area contributed by atoms with Crippen LogP contribution in [-0.4, -0.2) is 41.2 Å². The zero-order valence-corrected chi connectivity index (χ0v) is 11.6. The molecule has 2 N–H and O–H groups in total. The lowest BCUT2D eigenvalue weighted by Gasteiger charge is -2.17. The number of hydrogen-bond acceptors (Lipinski definition) is 6. The van der Waals surface area contributed by atoms with E-state index in [0.717, 1.165) is 25.3 Å². The number of nitrogens with one attached hydrogen (secondary N) is 1. The van der Waals surface area contributed by atoms with E-state index in [9.17, 15) is 38.0 Å². The van der Waals surface area contributed by atoms with E-state index in [0.29, 0.717) is 0 Å². The fraction of sp³-hybridized carbons (Fsp3) is 0.333. The summed E-state index contributed by atoms with van der Waals surface area (Å²) in [7, 11) is 0.911. The standard InChI is InChI=1S/C12H11F3N2O6/c1-23-10(19)7(16-11(20)12(13,14)15)4-6-2-3-9(18)8(5-6)17(21)22/h2-3,5,7,18H,4H2,1H3,(H,16,20)/t7-/m1/s1. The van der Waals surface area contributed by atoms with Gasteiger partial charge in [-0.3, -0.25) is 14.9 Å². The molecule has 0 heterocycles. The first-order valence-corrected chi connectivity index (χ1v) is 5.98. The molecule has 11 heteroatoms. The number of aromatic hydroxyl groups is 1. The van der Waals surface area contributed by atoms with Crippen LogP contribution in [-0.2, 0) is 20.7 Å². The van der Waals surface area contributed by atoms with Gasteiger partial charge in [0.1, 0.15) is 6.04 Å². The molecule has 126 valence electrons. The van der Waals surface area contributed by atoms with E-state index in [1.807, 2.05) is 0 Å². The van der Waals surface area contributed by atoms with Crippen molar-refractivity contribution in [3.05, 3.63) is 33.9 Å². The number of benzene rings is 1. The summed E-state index contributed by atoms with van der Waals surface area (Å²) < 4.78 is 41.1. The number of nitro benzene ring substituents is 1. The third-order valence-corrected chi connectivity index (χ3v) is 2.72. The number of nitro groups is 1. The molecule has 0 aromatic heterocycles. The lowest BCUT2D eigenvalue weighted by atomic mass is 10.0. The number of rotatable bonds is 5. The van der Waals surface area contributed by atoms with Gasteiger partial charge in [0.2, 0.25) is 0 Å². The van der Waals surface area contributed by atoms with Crippen LogP contribution in [0.5, 0.6) is 5.75 Å². The van der Waals surface area contributed by atoms with E-state index < -0.39 is 46.9 Å². The summed E-state index contributed by atoms with van der Waals surface area (Å²) in [5.74, 6) is -4.15. The van der Waals surface area contributed by atoms with Gasteiger partial charge in [-0.1, -0.05) is 6.07 Å². The molecule has 0 radical (unpaired) electrons. The zero-order valence-electron chi connectivity index (χ0n) is 11.6. The molecule has 0 aliphatic heterocycles. The summed E-state index contributed by atoms with van der Waals surface area (Å²) in [5.41, 5.74) is -0.638. The second-order valence-electron chi connectivity index (χ2n) is 4.33. The maximum absolute atomic E-state index is 12.3. The zero-order chi connectivity index (χ0) is 17.8. The van der Waals surface area contributed by atoms with Gasteiger partial charge in [-0.2, -0.15) is 13.2 Å². The molecular weight excluding hydrogens is 325 g/mol. The second-order valence-corrected chi connectivity index (χ2v) is 4.33. The molecule has 8 nitrogen and oxygen atoms in total. The van der Waals surface area contributed by atoms with E-state index in [1.165, 1.54) is 5.32 Å². The molecule has 0 fully saturated rings. The van der Waals surface area contributed by atoms with Crippen LogP contribution in [0.1, 0.15) is 5.56 Å². The van der Waals surface area contributed by atoms with E-state index in [1.54, 1.807) is 0 Å². The molecule has 0 unspecified atom stereocenters. The number of carbonyl (C=O) groups is 2. The van der Waals surface area contributed by atoms with Gasteiger partial charge in [-0.05, 0) is 11.6 Å². The van der Waals surface area contributed by atoms with Gasteiger partial charge in [0.05, 0.1) is 12.0 Å². The molecule has 1 aromatic carbocycles. The van der Waals surface area contributed by atoms with Crippen LogP contribution in [0.15, 0.2) is 18.2 Å². The topological polar surface area (TPSA) is 119 Å². The maximum atomic E-state index is 12.3. The van der Waals surface area contributed by atoms with Crippen LogP contribution in [0.2, 0.25) is 0 Å². The van der Waals surface area contributed by atoms with Crippen molar-refractivity contribution >= 4 is 17.6 Å². The number of phenols is 1. The molecule has 1 amide bonds. The van der Waals surface area contributed by atoms with Crippen LogP contribution in [0.25, 0.3) is 0 Å². The Kier molecular flexibility index (Phi) is 5.49. The molecule has 0 aliphatic rings. The first-order valence-electron chi connectivity index (χ1n) is 5.98. The predicted molar refractivity (Wildman–Crippen MR) is 68.5 cm³/mol. The predicted octanol–water partition coefficient (Wildman–Crippen LogP) is 1.06. The largest absolute Gasteiger partial charge is 0.502 e. The van der Waals surface area contributed by atoms with Crippen molar-refractivity contribution in [2.24, 2.45) is 0 Å². The lowest BCUT2D eigenvalue weighted by molar-refractivity contribution is -0.385. The maximum Gasteiger partial charge on any atom is 0.471 e. The summed E-state index contributed by atoms with van der Waals surface area (Å²) in [4.78, 5) is 32.2. The highest BCUT2D eigenvalue weighted by molar-refractivity contribution is 5.87. The number of hydrogen-bond donors (Lipinski definition) is 2. The van der Waals surface area contributed by atoms with E-state index in [4.69, 9.17) is 0 Å². The summed E-state index contributed by atoms with van der Waals surface area (Å²) in [6, 6.07) is 1.30.